The van der Waals surface area contributed by atoms with Gasteiger partial charge in [-0.3, -0.25) is 19.4 Å². The minimum atomic E-state index is -4.88. The summed E-state index contributed by atoms with van der Waals surface area (Å²) in [6, 6.07) is 5.79. The summed E-state index contributed by atoms with van der Waals surface area (Å²) < 4.78 is 39.8. The lowest BCUT2D eigenvalue weighted by Gasteiger charge is -2.35. The number of rotatable bonds is 5. The number of likely N-dealkylation sites (N-methyl/N-ethyl adjacent to an activating group) is 1. The van der Waals surface area contributed by atoms with Crippen LogP contribution >= 0.6 is 0 Å². The fourth-order valence-electron chi connectivity index (χ4n) is 3.52. The quantitative estimate of drug-likeness (QED) is 0.641. The molecule has 1 amide bonds. The van der Waals surface area contributed by atoms with Gasteiger partial charge in [0.1, 0.15) is 0 Å². The number of benzene rings is 1. The Morgan fingerprint density at radius 2 is 1.92 bits per heavy atom. The number of carbonyl (C=O) groups excluding carboxylic acids is 2. The molecule has 1 aromatic carbocycles. The largest absolute Gasteiger partial charge is 0.487 e. The summed E-state index contributed by atoms with van der Waals surface area (Å²) in [6.45, 7) is 1.00. The molecule has 2 N–H and O–H groups in total. The van der Waals surface area contributed by atoms with Crippen molar-refractivity contribution < 1.29 is 22.8 Å². The van der Waals surface area contributed by atoms with Gasteiger partial charge in [0.05, 0.1) is 6.04 Å². The summed E-state index contributed by atoms with van der Waals surface area (Å²) in [5, 5.41) is 0. The maximum absolute atomic E-state index is 13.3. The van der Waals surface area contributed by atoms with Gasteiger partial charge in [-0.15, -0.1) is 13.2 Å². The number of alkyl halides is 3. The van der Waals surface area contributed by atoms with Crippen molar-refractivity contribution in [3.63, 3.8) is 0 Å². The highest BCUT2D eigenvalue weighted by atomic mass is 19.4. The van der Waals surface area contributed by atoms with Gasteiger partial charge in [-0.1, -0.05) is 37.3 Å². The van der Waals surface area contributed by atoms with E-state index in [1.165, 1.54) is 12.1 Å². The Morgan fingerprint density at radius 1 is 1.36 bits per heavy atom. The van der Waals surface area contributed by atoms with Crippen LogP contribution in [-0.4, -0.2) is 60.5 Å². The highest BCUT2D eigenvalue weighted by molar-refractivity contribution is 6.16. The molecular weight excluding hydrogens is 335 g/mol. The molecule has 25 heavy (non-hydrogen) atoms. The van der Waals surface area contributed by atoms with E-state index in [2.05, 4.69) is 0 Å². The lowest BCUT2D eigenvalue weighted by Crippen LogP contribution is -2.59. The van der Waals surface area contributed by atoms with Crippen molar-refractivity contribution in [3.05, 3.63) is 35.9 Å². The minimum absolute atomic E-state index is 0.199. The number of nitrogens with two attached hydrogens (primary N) is 1. The number of hydrogen-bond donors (Lipinski definition) is 1. The molecule has 138 valence electrons. The van der Waals surface area contributed by atoms with E-state index in [1.807, 2.05) is 0 Å². The van der Waals surface area contributed by atoms with E-state index in [0.717, 1.165) is 0 Å². The predicted molar refractivity (Wildman–Crippen MR) is 86.6 cm³/mol. The fraction of sp³-hybridized carbons (Fsp3) is 0.529. The summed E-state index contributed by atoms with van der Waals surface area (Å²) in [4.78, 5) is 27.5. The van der Waals surface area contributed by atoms with Gasteiger partial charge >= 0.3 is 6.30 Å². The molecule has 1 aromatic rings. The second-order valence-corrected chi connectivity index (χ2v) is 6.42. The number of Topliss-reactive ketones (excluding diaryl/α,β-unsaturated/α-hetero) is 1. The van der Waals surface area contributed by atoms with Gasteiger partial charge in [-0.05, 0) is 26.1 Å². The van der Waals surface area contributed by atoms with Crippen molar-refractivity contribution in [2.24, 2.45) is 5.73 Å². The Bertz CT molecular complexity index is 648. The lowest BCUT2D eigenvalue weighted by molar-refractivity contribution is -0.235. The Hall–Kier alpha value is -1.93. The average molecular weight is 357 g/mol. The maximum atomic E-state index is 13.3. The number of halogens is 3. The number of ketones is 1. The van der Waals surface area contributed by atoms with Crippen LogP contribution in [0.1, 0.15) is 18.9 Å². The Kier molecular flexibility index (Phi) is 5.24. The second-order valence-electron chi connectivity index (χ2n) is 6.42. The smallest absolute Gasteiger partial charge is 0.325 e. The van der Waals surface area contributed by atoms with E-state index in [0.29, 0.717) is 6.42 Å². The highest BCUT2D eigenvalue weighted by Gasteiger charge is 2.64. The van der Waals surface area contributed by atoms with E-state index >= 15 is 0 Å². The summed E-state index contributed by atoms with van der Waals surface area (Å²) in [5.41, 5.74) is 4.17. The first-order chi connectivity index (χ1) is 11.6. The molecule has 3 unspecified atom stereocenters. The first-order valence-electron chi connectivity index (χ1n) is 7.99. The SMILES string of the molecule is CCC(C(=O)C1(c2ccccc2)C(=O)N(C(F)(F)F)CC1N)N(C)C. The summed E-state index contributed by atoms with van der Waals surface area (Å²) in [6.07, 6.45) is -4.53. The Balaban J connectivity index is 2.67. The van der Waals surface area contributed by atoms with Crippen molar-refractivity contribution in [2.75, 3.05) is 20.6 Å². The average Bonchev–Trinajstić information content (AvgIpc) is 2.80. The van der Waals surface area contributed by atoms with Gasteiger partial charge in [0.2, 0.25) is 5.91 Å². The molecule has 0 spiro atoms. The van der Waals surface area contributed by atoms with Crippen LogP contribution in [0.25, 0.3) is 0 Å². The first-order valence-corrected chi connectivity index (χ1v) is 7.99. The molecule has 8 heteroatoms. The zero-order valence-corrected chi connectivity index (χ0v) is 14.4. The zero-order chi connectivity index (χ0) is 19.0. The third kappa shape index (κ3) is 3.04. The van der Waals surface area contributed by atoms with Crippen LogP contribution in [-0.2, 0) is 15.0 Å². The topological polar surface area (TPSA) is 66.6 Å². The normalized spacial score (nSPS) is 25.5. The first kappa shape index (κ1) is 19.4. The third-order valence-corrected chi connectivity index (χ3v) is 4.75. The summed E-state index contributed by atoms with van der Waals surface area (Å²) in [7, 11) is 3.30. The molecule has 0 bridgehead atoms. The van der Waals surface area contributed by atoms with Crippen molar-refractivity contribution in [3.8, 4) is 0 Å². The van der Waals surface area contributed by atoms with Crippen LogP contribution in [0, 0.1) is 0 Å². The Labute approximate surface area is 144 Å². The molecule has 0 aromatic heterocycles. The Morgan fingerprint density at radius 3 is 2.32 bits per heavy atom. The van der Waals surface area contributed by atoms with Gasteiger partial charge in [0.25, 0.3) is 0 Å². The highest BCUT2D eigenvalue weighted by Crippen LogP contribution is 2.41. The van der Waals surface area contributed by atoms with Crippen LogP contribution in [0.15, 0.2) is 30.3 Å². The third-order valence-electron chi connectivity index (χ3n) is 4.75. The van der Waals surface area contributed by atoms with Crippen LogP contribution in [0.4, 0.5) is 13.2 Å². The van der Waals surface area contributed by atoms with E-state index in [4.69, 9.17) is 5.73 Å². The molecule has 2 rings (SSSR count). The van der Waals surface area contributed by atoms with Gasteiger partial charge < -0.3 is 5.73 Å². The summed E-state index contributed by atoms with van der Waals surface area (Å²) in [5.74, 6) is -1.90. The number of likely N-dealkylation sites (tertiary alicyclic amines) is 1. The minimum Gasteiger partial charge on any atom is -0.325 e. The zero-order valence-electron chi connectivity index (χ0n) is 14.4. The molecule has 0 saturated carbocycles. The number of carbonyl (C=O) groups is 2. The molecule has 1 saturated heterocycles. The van der Waals surface area contributed by atoms with Gasteiger partial charge in [0, 0.05) is 12.6 Å². The van der Waals surface area contributed by atoms with E-state index in [-0.39, 0.29) is 10.5 Å². The molecular formula is C17H22F3N3O2. The predicted octanol–water partition coefficient (Wildman–Crippen LogP) is 1.52. The number of hydrogen-bond acceptors (Lipinski definition) is 4. The van der Waals surface area contributed by atoms with Crippen molar-refractivity contribution in [2.45, 2.75) is 37.1 Å². The lowest BCUT2D eigenvalue weighted by atomic mass is 9.70. The molecule has 5 nitrogen and oxygen atoms in total. The number of nitrogens with zero attached hydrogens (tertiary/aromatic N) is 2. The van der Waals surface area contributed by atoms with Crippen molar-refractivity contribution in [1.29, 1.82) is 0 Å². The van der Waals surface area contributed by atoms with Crippen LogP contribution in [0.2, 0.25) is 0 Å². The van der Waals surface area contributed by atoms with E-state index in [1.54, 1.807) is 44.1 Å². The molecule has 1 aliphatic heterocycles. The standard InChI is InChI=1S/C17H22F3N3O2/c1-4-12(22(2)3)14(24)16(11-8-6-5-7-9-11)13(21)10-23(15(16)25)17(18,19)20/h5-9,12-13H,4,10,21H2,1-3H3. The van der Waals surface area contributed by atoms with Gasteiger partial charge in [0.15, 0.2) is 11.2 Å². The van der Waals surface area contributed by atoms with Crippen molar-refractivity contribution >= 4 is 11.7 Å². The number of amides is 1. The maximum Gasteiger partial charge on any atom is 0.487 e. The van der Waals surface area contributed by atoms with Gasteiger partial charge in [-0.25, -0.2) is 0 Å². The fourth-order valence-corrected chi connectivity index (χ4v) is 3.52. The molecule has 0 aliphatic carbocycles. The summed E-state index contributed by atoms with van der Waals surface area (Å²) >= 11 is 0. The molecule has 0 radical (unpaired) electrons. The second kappa shape index (κ2) is 6.76. The molecule has 1 aliphatic rings. The van der Waals surface area contributed by atoms with Crippen LogP contribution < -0.4 is 5.73 Å². The van der Waals surface area contributed by atoms with E-state index < -0.39 is 42.0 Å². The molecule has 3 atom stereocenters. The molecule has 1 fully saturated rings. The van der Waals surface area contributed by atoms with Crippen molar-refractivity contribution in [1.82, 2.24) is 9.80 Å². The van der Waals surface area contributed by atoms with Crippen LogP contribution in [0.5, 0.6) is 0 Å². The van der Waals surface area contributed by atoms with Gasteiger partial charge in [-0.2, -0.15) is 0 Å². The monoisotopic (exact) mass is 357 g/mol. The molecule has 1 heterocycles. The van der Waals surface area contributed by atoms with Crippen LogP contribution in [0.3, 0.4) is 0 Å². The van der Waals surface area contributed by atoms with E-state index in [9.17, 15) is 22.8 Å².